The van der Waals surface area contributed by atoms with Crippen LogP contribution in [0.2, 0.25) is 0 Å². The van der Waals surface area contributed by atoms with E-state index in [4.69, 9.17) is 6.57 Å². The summed E-state index contributed by atoms with van der Waals surface area (Å²) < 4.78 is 37.1. The smallest absolute Gasteiger partial charge is 0.310 e. The molecule has 0 aliphatic carbocycles. The molecule has 1 aromatic rings. The number of hydrogen-bond acceptors (Lipinski definition) is 2. The van der Waals surface area contributed by atoms with Gasteiger partial charge in [-0.3, -0.25) is 0 Å². The van der Waals surface area contributed by atoms with Gasteiger partial charge in [0, 0.05) is 0 Å². The van der Waals surface area contributed by atoms with Gasteiger partial charge >= 0.3 is 6.08 Å². The molecule has 3 nitrogen and oxygen atoms in total. The lowest BCUT2D eigenvalue weighted by atomic mass is 10.4. The summed E-state index contributed by atoms with van der Waals surface area (Å²) in [6.07, 6.45) is -1.37. The number of aromatic nitrogens is 2. The van der Waals surface area contributed by atoms with Crippen molar-refractivity contribution in [3.63, 3.8) is 0 Å². The molecule has 12 heavy (non-hydrogen) atoms. The lowest BCUT2D eigenvalue weighted by molar-refractivity contribution is 0.417. The van der Waals surface area contributed by atoms with Crippen molar-refractivity contribution < 1.29 is 13.2 Å². The first kappa shape index (κ1) is 8.46. The van der Waals surface area contributed by atoms with Gasteiger partial charge in [-0.2, -0.15) is 23.1 Å². The van der Waals surface area contributed by atoms with Gasteiger partial charge in [-0.15, -0.1) is 0 Å². The summed E-state index contributed by atoms with van der Waals surface area (Å²) >= 11 is 0. The highest BCUT2D eigenvalue weighted by Gasteiger charge is 2.15. The number of rotatable bonds is 1. The van der Waals surface area contributed by atoms with Crippen LogP contribution in [0.4, 0.5) is 13.2 Å². The second-order valence-electron chi connectivity index (χ2n) is 1.86. The number of halogens is 3. The van der Waals surface area contributed by atoms with Crippen LogP contribution < -0.4 is 0 Å². The van der Waals surface area contributed by atoms with Gasteiger partial charge in [-0.05, 0) is 0 Å². The molecule has 0 radical (unpaired) electrons. The molecule has 1 rings (SSSR count). The van der Waals surface area contributed by atoms with Crippen molar-refractivity contribution in [1.82, 2.24) is 9.97 Å². The fourth-order valence-corrected chi connectivity index (χ4v) is 0.614. The lowest BCUT2D eigenvalue weighted by Crippen LogP contribution is -2.03. The number of nitrogens with zero attached hydrogens (tertiary/aromatic N) is 3. The molecule has 0 amide bonds. The predicted molar refractivity (Wildman–Crippen MR) is 32.2 cm³/mol. The minimum absolute atomic E-state index is 0.498. The monoisotopic (exact) mass is 173 g/mol. The Hall–Kier alpha value is -1.64. The van der Waals surface area contributed by atoms with Crippen LogP contribution in [0.25, 0.3) is 4.85 Å². The normalized spacial score (nSPS) is 9.50. The Morgan fingerprint density at radius 1 is 1.25 bits per heavy atom. The molecule has 0 spiro atoms. The maximum absolute atomic E-state index is 12.6. The summed E-state index contributed by atoms with van der Waals surface area (Å²) in [4.78, 5) is 8.15. The molecule has 62 valence electrons. The van der Waals surface area contributed by atoms with Crippen LogP contribution >= 0.6 is 0 Å². The van der Waals surface area contributed by atoms with E-state index in [1.54, 1.807) is 0 Å². The van der Waals surface area contributed by atoms with Crippen LogP contribution in [0.3, 0.4) is 0 Å². The third-order valence-corrected chi connectivity index (χ3v) is 1.08. The minimum atomic E-state index is -1.57. The Morgan fingerprint density at radius 3 is 2.50 bits per heavy atom. The van der Waals surface area contributed by atoms with Crippen LogP contribution in [-0.2, 0) is 6.54 Å². The van der Waals surface area contributed by atoms with Crippen LogP contribution in [-0.4, -0.2) is 9.97 Å². The van der Waals surface area contributed by atoms with Crippen LogP contribution in [0.15, 0.2) is 0 Å². The molecule has 1 aromatic heterocycles. The van der Waals surface area contributed by atoms with E-state index in [2.05, 4.69) is 14.8 Å². The standard InChI is InChI=1S/C6H2F3N3/c1-10-2-3-4(7)5(8)12-6(9)11-3/h2H2. The first-order valence-corrected chi connectivity index (χ1v) is 2.85. The largest absolute Gasteiger partial charge is 0.311 e. The van der Waals surface area contributed by atoms with Crippen LogP contribution in [0, 0.1) is 24.4 Å². The first-order valence-electron chi connectivity index (χ1n) is 2.85. The van der Waals surface area contributed by atoms with E-state index in [1.807, 2.05) is 0 Å². The third-order valence-electron chi connectivity index (χ3n) is 1.08. The van der Waals surface area contributed by atoms with E-state index in [9.17, 15) is 13.2 Å². The Balaban J connectivity index is 3.20. The molecule has 0 saturated heterocycles. The summed E-state index contributed by atoms with van der Waals surface area (Å²) in [5.74, 6) is -2.94. The Morgan fingerprint density at radius 2 is 1.92 bits per heavy atom. The van der Waals surface area contributed by atoms with Crippen molar-refractivity contribution in [2.45, 2.75) is 6.54 Å². The fraction of sp³-hybridized carbons (Fsp3) is 0.167. The molecule has 6 heteroatoms. The maximum atomic E-state index is 12.6. The van der Waals surface area contributed by atoms with Crippen LogP contribution in [0.5, 0.6) is 0 Å². The van der Waals surface area contributed by atoms with E-state index < -0.39 is 30.1 Å². The molecule has 0 N–H and O–H groups in total. The molecule has 0 saturated carbocycles. The average Bonchev–Trinajstić information content (AvgIpc) is 2.00. The van der Waals surface area contributed by atoms with Crippen molar-refractivity contribution in [1.29, 1.82) is 0 Å². The molecule has 0 bridgehead atoms. The molecule has 0 aliphatic heterocycles. The highest BCUT2D eigenvalue weighted by molar-refractivity contribution is 5.05. The van der Waals surface area contributed by atoms with Crippen molar-refractivity contribution in [3.8, 4) is 0 Å². The molecular weight excluding hydrogens is 171 g/mol. The zero-order valence-corrected chi connectivity index (χ0v) is 5.68. The summed E-state index contributed by atoms with van der Waals surface area (Å²) in [6.45, 7) is 5.83. The highest BCUT2D eigenvalue weighted by Crippen LogP contribution is 2.08. The van der Waals surface area contributed by atoms with E-state index in [-0.39, 0.29) is 0 Å². The van der Waals surface area contributed by atoms with Gasteiger partial charge in [0.05, 0.1) is 0 Å². The third kappa shape index (κ3) is 1.50. The molecule has 0 aliphatic rings. The summed E-state index contributed by atoms with van der Waals surface area (Å²) in [7, 11) is 0. The van der Waals surface area contributed by atoms with E-state index in [1.165, 1.54) is 0 Å². The van der Waals surface area contributed by atoms with E-state index in [0.717, 1.165) is 0 Å². The Bertz CT molecular complexity index is 345. The molecule has 1 heterocycles. The summed E-state index contributed by atoms with van der Waals surface area (Å²) in [5.41, 5.74) is -0.560. The van der Waals surface area contributed by atoms with E-state index >= 15 is 0 Å². The van der Waals surface area contributed by atoms with Crippen molar-refractivity contribution >= 4 is 0 Å². The van der Waals surface area contributed by atoms with Crippen molar-refractivity contribution in [3.05, 3.63) is 35.0 Å². The quantitative estimate of drug-likeness (QED) is 0.364. The van der Waals surface area contributed by atoms with Gasteiger partial charge < -0.3 is 4.85 Å². The lowest BCUT2D eigenvalue weighted by Gasteiger charge is -1.94. The minimum Gasteiger partial charge on any atom is -0.310 e. The summed E-state index contributed by atoms with van der Waals surface area (Å²) in [6, 6.07) is 0. The molecule has 0 aromatic carbocycles. The molecule has 0 atom stereocenters. The zero-order chi connectivity index (χ0) is 9.14. The van der Waals surface area contributed by atoms with Gasteiger partial charge in [0.2, 0.25) is 5.82 Å². The zero-order valence-electron chi connectivity index (χ0n) is 5.68. The fourth-order valence-electron chi connectivity index (χ4n) is 0.614. The summed E-state index contributed by atoms with van der Waals surface area (Å²) in [5, 5.41) is 0. The van der Waals surface area contributed by atoms with Gasteiger partial charge in [-0.1, -0.05) is 0 Å². The van der Waals surface area contributed by atoms with Crippen molar-refractivity contribution in [2.24, 2.45) is 0 Å². The Labute approximate surface area is 65.7 Å². The predicted octanol–water partition coefficient (Wildman–Crippen LogP) is 1.31. The van der Waals surface area contributed by atoms with Crippen LogP contribution in [0.1, 0.15) is 5.69 Å². The second kappa shape index (κ2) is 3.17. The first-order chi connectivity index (χ1) is 5.65. The number of hydrogen-bond donors (Lipinski definition) is 0. The maximum Gasteiger partial charge on any atom is 0.311 e. The van der Waals surface area contributed by atoms with E-state index in [0.29, 0.717) is 0 Å². The molecule has 0 fully saturated rings. The van der Waals surface area contributed by atoms with Gasteiger partial charge in [0.1, 0.15) is 0 Å². The average molecular weight is 173 g/mol. The Kier molecular flexibility index (Phi) is 2.24. The molecular formula is C6H2F3N3. The van der Waals surface area contributed by atoms with Gasteiger partial charge in [0.25, 0.3) is 12.5 Å². The SMILES string of the molecule is [C-]#[N+]Cc1nc(F)nc(F)c1F. The second-order valence-corrected chi connectivity index (χ2v) is 1.86. The molecule has 0 unspecified atom stereocenters. The van der Waals surface area contributed by atoms with Crippen molar-refractivity contribution in [2.75, 3.05) is 0 Å². The topological polar surface area (TPSA) is 30.1 Å². The van der Waals surface area contributed by atoms with Gasteiger partial charge in [-0.25, -0.2) is 6.57 Å². The van der Waals surface area contributed by atoms with Gasteiger partial charge in [0.15, 0.2) is 5.69 Å². The highest BCUT2D eigenvalue weighted by atomic mass is 19.2.